The first kappa shape index (κ1) is 27.0. The quantitative estimate of drug-likeness (QED) is 0.243. The van der Waals surface area contributed by atoms with E-state index in [-0.39, 0.29) is 17.9 Å². The minimum atomic E-state index is -4.44. The van der Waals surface area contributed by atoms with Crippen molar-refractivity contribution in [1.82, 2.24) is 5.32 Å². The van der Waals surface area contributed by atoms with E-state index in [1.807, 2.05) is 0 Å². The van der Waals surface area contributed by atoms with E-state index in [2.05, 4.69) is 31.1 Å². The van der Waals surface area contributed by atoms with Crippen molar-refractivity contribution in [2.24, 2.45) is 16.3 Å². The van der Waals surface area contributed by atoms with Gasteiger partial charge in [0.2, 0.25) is 0 Å². The molecular weight excluding hydrogens is 525 g/mol. The number of alkyl halides is 3. The highest BCUT2D eigenvalue weighted by molar-refractivity contribution is 7.16. The van der Waals surface area contributed by atoms with Crippen LogP contribution in [-0.2, 0) is 25.6 Å². The predicted molar refractivity (Wildman–Crippen MR) is 146 cm³/mol. The number of thiophene rings is 1. The zero-order valence-corrected chi connectivity index (χ0v) is 22.7. The number of furan rings is 2. The Balaban J connectivity index is 1.42. The molecule has 5 rings (SSSR count). The van der Waals surface area contributed by atoms with Crippen LogP contribution in [-0.4, -0.2) is 12.1 Å². The molecule has 1 aliphatic carbocycles. The zero-order chi connectivity index (χ0) is 27.8. The molecule has 5 nitrogen and oxygen atoms in total. The first-order valence-corrected chi connectivity index (χ1v) is 13.6. The molecule has 0 fully saturated rings. The molecule has 1 aromatic carbocycles. The van der Waals surface area contributed by atoms with Crippen molar-refractivity contribution in [3.05, 3.63) is 87.9 Å². The van der Waals surface area contributed by atoms with Crippen molar-refractivity contribution in [2.45, 2.75) is 52.8 Å². The van der Waals surface area contributed by atoms with Crippen LogP contribution in [0.25, 0.3) is 11.3 Å². The van der Waals surface area contributed by atoms with Crippen molar-refractivity contribution in [3.63, 3.8) is 0 Å². The molecule has 0 unspecified atom stereocenters. The molecule has 204 valence electrons. The van der Waals surface area contributed by atoms with Gasteiger partial charge in [-0.1, -0.05) is 32.9 Å². The largest absolute Gasteiger partial charge is 0.467 e. The second-order valence-electron chi connectivity index (χ2n) is 10.8. The van der Waals surface area contributed by atoms with E-state index < -0.39 is 11.7 Å². The van der Waals surface area contributed by atoms with E-state index in [1.165, 1.54) is 28.5 Å². The third kappa shape index (κ3) is 6.03. The van der Waals surface area contributed by atoms with E-state index in [1.54, 1.807) is 36.6 Å². The Morgan fingerprint density at radius 1 is 1.15 bits per heavy atom. The van der Waals surface area contributed by atoms with Gasteiger partial charge >= 0.3 is 6.18 Å². The van der Waals surface area contributed by atoms with Crippen molar-refractivity contribution in [2.75, 3.05) is 0 Å². The van der Waals surface area contributed by atoms with Gasteiger partial charge in [0, 0.05) is 10.4 Å². The summed E-state index contributed by atoms with van der Waals surface area (Å²) in [5, 5.41) is 3.53. The molecule has 0 spiro atoms. The van der Waals surface area contributed by atoms with Gasteiger partial charge in [-0.3, -0.25) is 4.79 Å². The first-order valence-electron chi connectivity index (χ1n) is 12.8. The summed E-state index contributed by atoms with van der Waals surface area (Å²) >= 11 is 1.51. The second-order valence-corrected chi connectivity index (χ2v) is 11.9. The average Bonchev–Trinajstić information content (AvgIpc) is 3.64. The standard InChI is InChI=1S/C30H29F3N2O3S/c1-29(2,3)19-9-11-23-25(15-19)39-28(26(23)27(36)34-16-21-8-5-13-37-21)35-17-22-10-12-24(38-22)18-6-4-7-20(14-18)30(31,32)33/h4-8,10,12-14,17,19H,9,11,15-16H2,1-3H3,(H,34,36)/t19-/m0/s1. The fraction of sp³-hybridized carbons (Fsp3) is 0.333. The van der Waals surface area contributed by atoms with E-state index >= 15 is 0 Å². The zero-order valence-electron chi connectivity index (χ0n) is 21.9. The molecular formula is C30H29F3N2O3S. The molecule has 9 heteroatoms. The molecule has 1 aliphatic rings. The lowest BCUT2D eigenvalue weighted by molar-refractivity contribution is -0.137. The molecule has 0 saturated heterocycles. The Kier molecular flexibility index (Phi) is 7.29. The predicted octanol–water partition coefficient (Wildman–Crippen LogP) is 8.45. The molecule has 1 atom stereocenters. The van der Waals surface area contributed by atoms with Crippen LogP contribution in [0.1, 0.15) is 65.1 Å². The molecule has 1 amide bonds. The summed E-state index contributed by atoms with van der Waals surface area (Å²) in [5.74, 6) is 1.62. The van der Waals surface area contributed by atoms with Gasteiger partial charge in [-0.15, -0.1) is 11.3 Å². The highest BCUT2D eigenvalue weighted by Gasteiger charge is 2.34. The lowest BCUT2D eigenvalue weighted by Crippen LogP contribution is -2.28. The third-order valence-electron chi connectivity index (χ3n) is 7.11. The van der Waals surface area contributed by atoms with E-state index in [9.17, 15) is 18.0 Å². The summed E-state index contributed by atoms with van der Waals surface area (Å²) in [7, 11) is 0. The maximum absolute atomic E-state index is 13.4. The summed E-state index contributed by atoms with van der Waals surface area (Å²) in [6.45, 7) is 6.99. The van der Waals surface area contributed by atoms with Gasteiger partial charge < -0.3 is 14.2 Å². The van der Waals surface area contributed by atoms with E-state index in [0.717, 1.165) is 37.0 Å². The van der Waals surface area contributed by atoms with Gasteiger partial charge in [0.15, 0.2) is 0 Å². The van der Waals surface area contributed by atoms with Gasteiger partial charge in [0.05, 0.1) is 30.1 Å². The monoisotopic (exact) mass is 554 g/mol. The Bertz CT molecular complexity index is 1490. The Labute approximate surface area is 228 Å². The number of nitrogens with one attached hydrogen (secondary N) is 1. The van der Waals surface area contributed by atoms with Crippen molar-refractivity contribution in [1.29, 1.82) is 0 Å². The van der Waals surface area contributed by atoms with Crippen molar-refractivity contribution < 1.29 is 26.8 Å². The minimum Gasteiger partial charge on any atom is -0.467 e. The number of aliphatic imine (C=N–C) groups is 1. The van der Waals surface area contributed by atoms with Crippen LogP contribution in [0.4, 0.5) is 18.2 Å². The fourth-order valence-corrected chi connectivity index (χ4v) is 6.12. The lowest BCUT2D eigenvalue weighted by Gasteiger charge is -2.33. The van der Waals surface area contributed by atoms with Crippen LogP contribution in [0.5, 0.6) is 0 Å². The number of nitrogens with zero attached hydrogens (tertiary/aromatic N) is 1. The number of halogens is 3. The Morgan fingerprint density at radius 3 is 2.69 bits per heavy atom. The lowest BCUT2D eigenvalue weighted by atomic mass is 9.72. The third-order valence-corrected chi connectivity index (χ3v) is 8.27. The summed E-state index contributed by atoms with van der Waals surface area (Å²) in [6, 6.07) is 11.8. The summed E-state index contributed by atoms with van der Waals surface area (Å²) in [5.41, 5.74) is 1.33. The van der Waals surface area contributed by atoms with Gasteiger partial charge in [0.1, 0.15) is 22.3 Å². The topological polar surface area (TPSA) is 67.7 Å². The normalized spacial score (nSPS) is 16.0. The molecule has 39 heavy (non-hydrogen) atoms. The van der Waals surface area contributed by atoms with Crippen LogP contribution in [0, 0.1) is 11.3 Å². The van der Waals surface area contributed by atoms with Crippen LogP contribution in [0.2, 0.25) is 0 Å². The second kappa shape index (κ2) is 10.5. The van der Waals surface area contributed by atoms with E-state index in [4.69, 9.17) is 8.83 Å². The fourth-order valence-electron chi connectivity index (χ4n) is 4.85. The van der Waals surface area contributed by atoms with Gasteiger partial charge in [-0.25, -0.2) is 4.99 Å². The molecule has 0 bridgehead atoms. The first-order chi connectivity index (χ1) is 18.5. The molecule has 1 N–H and O–H groups in total. The molecule has 0 radical (unpaired) electrons. The van der Waals surface area contributed by atoms with E-state index in [0.29, 0.717) is 39.3 Å². The van der Waals surface area contributed by atoms with Crippen LogP contribution in [0.3, 0.4) is 0 Å². The number of carbonyl (C=O) groups is 1. The SMILES string of the molecule is CC(C)(C)[C@H]1CCc2c(sc(N=Cc3ccc(-c4cccc(C(F)(F)F)c4)o3)c2C(=O)NCc2ccco2)C1. The maximum atomic E-state index is 13.4. The average molecular weight is 555 g/mol. The van der Waals surface area contributed by atoms with Crippen molar-refractivity contribution in [3.8, 4) is 11.3 Å². The van der Waals surface area contributed by atoms with Crippen LogP contribution >= 0.6 is 11.3 Å². The molecule has 4 aromatic rings. The smallest absolute Gasteiger partial charge is 0.416 e. The number of rotatable bonds is 6. The number of amides is 1. The van der Waals surface area contributed by atoms with Gasteiger partial charge in [-0.2, -0.15) is 13.2 Å². The summed E-state index contributed by atoms with van der Waals surface area (Å²) < 4.78 is 50.5. The molecule has 0 saturated carbocycles. The number of carbonyl (C=O) groups excluding carboxylic acids is 1. The molecule has 3 heterocycles. The van der Waals surface area contributed by atoms with Crippen LogP contribution < -0.4 is 5.32 Å². The number of benzene rings is 1. The highest BCUT2D eigenvalue weighted by atomic mass is 32.1. The summed E-state index contributed by atoms with van der Waals surface area (Å²) in [6.07, 6.45) is 1.32. The Morgan fingerprint density at radius 2 is 1.97 bits per heavy atom. The van der Waals surface area contributed by atoms with Crippen molar-refractivity contribution >= 4 is 28.5 Å². The van der Waals surface area contributed by atoms with Gasteiger partial charge in [-0.05, 0) is 72.6 Å². The summed E-state index contributed by atoms with van der Waals surface area (Å²) in [4.78, 5) is 19.2. The minimum absolute atomic E-state index is 0.154. The Hall–Kier alpha value is -3.59. The number of fused-ring (bicyclic) bond motifs is 1. The highest BCUT2D eigenvalue weighted by Crippen LogP contribution is 2.45. The van der Waals surface area contributed by atoms with Crippen LogP contribution in [0.15, 0.2) is 68.6 Å². The number of hydrogen-bond acceptors (Lipinski definition) is 5. The maximum Gasteiger partial charge on any atom is 0.416 e. The molecule has 0 aliphatic heterocycles. The number of hydrogen-bond donors (Lipinski definition) is 1. The van der Waals surface area contributed by atoms with Gasteiger partial charge in [0.25, 0.3) is 5.91 Å². The molecule has 3 aromatic heterocycles.